The van der Waals surface area contributed by atoms with E-state index >= 15 is 0 Å². The van der Waals surface area contributed by atoms with Crippen LogP contribution in [-0.2, 0) is 13.0 Å². The van der Waals surface area contributed by atoms with Crippen LogP contribution < -0.4 is 20.1 Å². The zero-order chi connectivity index (χ0) is 25.2. The van der Waals surface area contributed by atoms with Gasteiger partial charge < -0.3 is 25.2 Å². The number of benzene rings is 2. The lowest BCUT2D eigenvalue weighted by Crippen LogP contribution is -2.24. The summed E-state index contributed by atoms with van der Waals surface area (Å²) in [5, 5.41) is 9.98. The molecule has 0 aromatic heterocycles. The van der Waals surface area contributed by atoms with E-state index in [0.29, 0.717) is 12.3 Å². The first-order chi connectivity index (χ1) is 17.0. The summed E-state index contributed by atoms with van der Waals surface area (Å²) in [6.07, 6.45) is 10.1. The van der Waals surface area contributed by atoms with Crippen molar-refractivity contribution < 1.29 is 14.6 Å². The van der Waals surface area contributed by atoms with Crippen molar-refractivity contribution >= 4 is 5.69 Å². The molecule has 2 aromatic rings. The van der Waals surface area contributed by atoms with Crippen molar-refractivity contribution in [1.29, 1.82) is 0 Å². The molecule has 35 heavy (non-hydrogen) atoms. The third kappa shape index (κ3) is 7.15. The Morgan fingerprint density at radius 2 is 1.74 bits per heavy atom. The summed E-state index contributed by atoms with van der Waals surface area (Å²) in [7, 11) is 3.37. The lowest BCUT2D eigenvalue weighted by molar-refractivity contribution is 0.354. The number of hydrogen-bond donors (Lipinski definition) is 2. The molecule has 0 unspecified atom stereocenters. The topological polar surface area (TPSA) is 68.0 Å². The minimum Gasteiger partial charge on any atom is -0.508 e. The molecule has 3 rings (SSSR count). The first-order valence-electron chi connectivity index (χ1n) is 12.5. The van der Waals surface area contributed by atoms with Gasteiger partial charge in [-0.3, -0.25) is 0 Å². The summed E-state index contributed by atoms with van der Waals surface area (Å²) in [4.78, 5) is 2.40. The summed E-state index contributed by atoms with van der Waals surface area (Å²) < 4.78 is 11.4. The third-order valence-electron chi connectivity index (χ3n) is 6.63. The Bertz CT molecular complexity index is 1040. The zero-order valence-corrected chi connectivity index (χ0v) is 21.4. The maximum absolute atomic E-state index is 9.98. The molecule has 2 aromatic carbocycles. The minimum atomic E-state index is 0.275. The van der Waals surface area contributed by atoms with Gasteiger partial charge in [-0.1, -0.05) is 42.5 Å². The Kier molecular flexibility index (Phi) is 9.86. The van der Waals surface area contributed by atoms with Crippen molar-refractivity contribution in [3.63, 3.8) is 0 Å². The van der Waals surface area contributed by atoms with E-state index in [4.69, 9.17) is 15.2 Å². The van der Waals surface area contributed by atoms with Crippen molar-refractivity contribution in [2.45, 2.75) is 51.5 Å². The van der Waals surface area contributed by atoms with Crippen LogP contribution >= 0.6 is 0 Å². The number of allylic oxidation sites excluding steroid dienone is 4. The normalized spacial score (nSPS) is 18.9. The fourth-order valence-corrected chi connectivity index (χ4v) is 4.69. The van der Waals surface area contributed by atoms with Crippen LogP contribution in [0.2, 0.25) is 0 Å². The molecule has 1 aliphatic rings. The average Bonchev–Trinajstić information content (AvgIpc) is 2.88. The summed E-state index contributed by atoms with van der Waals surface area (Å²) in [6.45, 7) is 8.76. The van der Waals surface area contributed by atoms with Crippen molar-refractivity contribution in [1.82, 2.24) is 0 Å². The van der Waals surface area contributed by atoms with Crippen molar-refractivity contribution in [2.24, 2.45) is 5.73 Å². The van der Waals surface area contributed by atoms with Gasteiger partial charge in [0.25, 0.3) is 0 Å². The van der Waals surface area contributed by atoms with Crippen LogP contribution in [0.5, 0.6) is 11.5 Å². The predicted octanol–water partition coefficient (Wildman–Crippen LogP) is 6.44. The second-order valence-electron chi connectivity index (χ2n) is 9.09. The number of anilines is 1. The van der Waals surface area contributed by atoms with Gasteiger partial charge in [0.05, 0.1) is 14.2 Å². The number of rotatable bonds is 9. The molecule has 5 nitrogen and oxygen atoms in total. The molecule has 5 heteroatoms. The molecule has 0 bridgehead atoms. The SMILES string of the molecule is C=C1/C=C\C(O)=C/CCC[C@@H](c2cc(OC)c(OC)cc2N(CC)Cc2ccc(CCN)cc2)C1. The van der Waals surface area contributed by atoms with Crippen LogP contribution in [0, 0.1) is 0 Å². The quantitative estimate of drug-likeness (QED) is 0.436. The minimum absolute atomic E-state index is 0.275. The van der Waals surface area contributed by atoms with Crippen LogP contribution in [0.4, 0.5) is 5.69 Å². The lowest BCUT2D eigenvalue weighted by Gasteiger charge is -2.30. The monoisotopic (exact) mass is 476 g/mol. The number of aliphatic hydroxyl groups excluding tert-OH is 1. The standard InChI is InChI=1S/C30H40N2O3/c1-5-32(21-24-13-11-23(12-14-24)16-17-31)28-20-30(35-4)29(34-3)19-27(28)25-8-6-7-9-26(33)15-10-22(2)18-25/h9-15,19-20,25,33H,2,5-8,16-18,21,31H2,1,3-4H3/b15-10-,26-9+/t25-/m1/s1. The van der Waals surface area contributed by atoms with Gasteiger partial charge in [-0.25, -0.2) is 0 Å². The molecule has 0 saturated heterocycles. The number of ether oxygens (including phenoxy) is 2. The summed E-state index contributed by atoms with van der Waals surface area (Å²) in [5.74, 6) is 2.06. The fraction of sp³-hybridized carbons (Fsp3) is 0.400. The molecular formula is C30H40N2O3. The molecule has 0 heterocycles. The summed E-state index contributed by atoms with van der Waals surface area (Å²) in [5.41, 5.74) is 11.6. The number of hydrogen-bond acceptors (Lipinski definition) is 5. The van der Waals surface area contributed by atoms with E-state index in [9.17, 15) is 5.11 Å². The number of aliphatic hydroxyl groups is 1. The van der Waals surface area contributed by atoms with E-state index in [1.165, 1.54) is 16.7 Å². The average molecular weight is 477 g/mol. The lowest BCUT2D eigenvalue weighted by atomic mass is 9.85. The molecule has 188 valence electrons. The van der Waals surface area contributed by atoms with Crippen LogP contribution in [0.15, 0.2) is 72.5 Å². The predicted molar refractivity (Wildman–Crippen MR) is 146 cm³/mol. The Morgan fingerprint density at radius 3 is 2.40 bits per heavy atom. The molecule has 0 aliphatic heterocycles. The van der Waals surface area contributed by atoms with Gasteiger partial charge in [0.15, 0.2) is 11.5 Å². The van der Waals surface area contributed by atoms with E-state index in [1.54, 1.807) is 20.3 Å². The number of methoxy groups -OCH3 is 2. The van der Waals surface area contributed by atoms with E-state index in [-0.39, 0.29) is 5.92 Å². The molecule has 1 atom stereocenters. The highest BCUT2D eigenvalue weighted by molar-refractivity contribution is 5.64. The molecule has 1 aliphatic carbocycles. The van der Waals surface area contributed by atoms with Gasteiger partial charge in [0.1, 0.15) is 5.76 Å². The smallest absolute Gasteiger partial charge is 0.162 e. The van der Waals surface area contributed by atoms with Crippen molar-refractivity contribution in [2.75, 3.05) is 32.2 Å². The second kappa shape index (κ2) is 13.1. The molecule has 0 amide bonds. The molecule has 0 radical (unpaired) electrons. The van der Waals surface area contributed by atoms with Crippen molar-refractivity contribution in [3.8, 4) is 11.5 Å². The number of nitrogens with zero attached hydrogens (tertiary/aromatic N) is 1. The zero-order valence-electron chi connectivity index (χ0n) is 21.4. The molecule has 0 saturated carbocycles. The molecular weight excluding hydrogens is 436 g/mol. The highest BCUT2D eigenvalue weighted by Gasteiger charge is 2.23. The Balaban J connectivity index is 1.99. The Morgan fingerprint density at radius 1 is 1.06 bits per heavy atom. The van der Waals surface area contributed by atoms with Gasteiger partial charge in [-0.05, 0) is 86.4 Å². The van der Waals surface area contributed by atoms with Gasteiger partial charge >= 0.3 is 0 Å². The Hall–Kier alpha value is -3.18. The fourth-order valence-electron chi connectivity index (χ4n) is 4.69. The van der Waals surface area contributed by atoms with Crippen LogP contribution in [0.25, 0.3) is 0 Å². The van der Waals surface area contributed by atoms with Crippen LogP contribution in [0.1, 0.15) is 55.2 Å². The van der Waals surface area contributed by atoms with Gasteiger partial charge in [0.2, 0.25) is 0 Å². The maximum Gasteiger partial charge on any atom is 0.162 e. The van der Waals surface area contributed by atoms with Gasteiger partial charge in [0, 0.05) is 24.8 Å². The van der Waals surface area contributed by atoms with E-state index < -0.39 is 0 Å². The second-order valence-corrected chi connectivity index (χ2v) is 9.09. The summed E-state index contributed by atoms with van der Waals surface area (Å²) in [6, 6.07) is 13.0. The molecule has 3 N–H and O–H groups in total. The Labute approximate surface area is 210 Å². The summed E-state index contributed by atoms with van der Waals surface area (Å²) >= 11 is 0. The molecule has 0 spiro atoms. The highest BCUT2D eigenvalue weighted by Crippen LogP contribution is 2.42. The first-order valence-corrected chi connectivity index (χ1v) is 12.5. The van der Waals surface area contributed by atoms with E-state index in [2.05, 4.69) is 54.8 Å². The van der Waals surface area contributed by atoms with Gasteiger partial charge in [-0.15, -0.1) is 0 Å². The van der Waals surface area contributed by atoms with E-state index in [1.807, 2.05) is 12.2 Å². The largest absolute Gasteiger partial charge is 0.508 e. The van der Waals surface area contributed by atoms with Crippen LogP contribution in [-0.4, -0.2) is 32.4 Å². The maximum atomic E-state index is 9.98. The van der Waals surface area contributed by atoms with Crippen LogP contribution in [0.3, 0.4) is 0 Å². The van der Waals surface area contributed by atoms with Gasteiger partial charge in [-0.2, -0.15) is 0 Å². The third-order valence-corrected chi connectivity index (χ3v) is 6.63. The molecule has 0 fully saturated rings. The highest BCUT2D eigenvalue weighted by atomic mass is 16.5. The van der Waals surface area contributed by atoms with E-state index in [0.717, 1.165) is 68.0 Å². The number of nitrogens with two attached hydrogens (primary N) is 1. The van der Waals surface area contributed by atoms with Crippen molar-refractivity contribution in [3.05, 3.63) is 89.2 Å². The first kappa shape index (κ1) is 26.4.